The Hall–Kier alpha value is -3.23. The highest BCUT2D eigenvalue weighted by Gasteiger charge is 2.25. The number of rotatable bonds is 5. The molecule has 33 heavy (non-hydrogen) atoms. The number of halogens is 1. The number of hydrogen-bond donors (Lipinski definition) is 3. The zero-order valence-electron chi connectivity index (χ0n) is 17.7. The molecule has 0 atom stereocenters. The van der Waals surface area contributed by atoms with Gasteiger partial charge in [0.1, 0.15) is 0 Å². The number of hydrogen-bond acceptors (Lipinski definition) is 6. The van der Waals surface area contributed by atoms with Gasteiger partial charge in [-0.25, -0.2) is 0 Å². The maximum Gasteiger partial charge on any atom is 0.265 e. The molecule has 1 saturated heterocycles. The van der Waals surface area contributed by atoms with E-state index in [1.165, 1.54) is 11.3 Å². The Balaban J connectivity index is 1.35. The summed E-state index contributed by atoms with van der Waals surface area (Å²) in [6, 6.07) is 12.5. The molecule has 0 unspecified atom stereocenters. The Morgan fingerprint density at radius 3 is 2.55 bits per heavy atom. The summed E-state index contributed by atoms with van der Waals surface area (Å²) in [6.45, 7) is 2.31. The standard InChI is InChI=1S/C24H23ClN4O3S/c25-20-5-4-19(33-20)22(30)27-18-3-1-2-17-21(18)24(32)29(23(17)31)14-15-8-12-28(13-9-15)16-6-10-26-11-7-16/h1-7,10-11,15,31-32H,8-9,12-14H2,(H,27,30). The summed E-state index contributed by atoms with van der Waals surface area (Å²) in [5.41, 5.74) is 1.61. The maximum absolute atomic E-state index is 12.6. The van der Waals surface area contributed by atoms with Crippen molar-refractivity contribution in [1.82, 2.24) is 9.55 Å². The van der Waals surface area contributed by atoms with E-state index in [4.69, 9.17) is 11.6 Å². The van der Waals surface area contributed by atoms with Gasteiger partial charge in [0.25, 0.3) is 5.91 Å². The first-order valence-corrected chi connectivity index (χ1v) is 12.0. The molecule has 7 nitrogen and oxygen atoms in total. The van der Waals surface area contributed by atoms with Crippen LogP contribution in [-0.2, 0) is 6.54 Å². The van der Waals surface area contributed by atoms with E-state index >= 15 is 0 Å². The molecular formula is C24H23ClN4O3S. The van der Waals surface area contributed by atoms with E-state index in [-0.39, 0.29) is 17.7 Å². The van der Waals surface area contributed by atoms with Crippen LogP contribution in [0.2, 0.25) is 4.34 Å². The van der Waals surface area contributed by atoms with Crippen molar-refractivity contribution in [2.75, 3.05) is 23.3 Å². The van der Waals surface area contributed by atoms with E-state index in [0.717, 1.165) is 31.6 Å². The number of thiophene rings is 1. The molecule has 1 aliphatic heterocycles. The number of pyridine rings is 1. The second-order valence-corrected chi connectivity index (χ2v) is 9.89. The third-order valence-electron chi connectivity index (χ3n) is 6.17. The lowest BCUT2D eigenvalue weighted by Gasteiger charge is -2.33. The number of aromatic hydroxyl groups is 2. The van der Waals surface area contributed by atoms with Gasteiger partial charge in [0.15, 0.2) is 0 Å². The highest BCUT2D eigenvalue weighted by Crippen LogP contribution is 2.42. The minimum absolute atomic E-state index is 0.00864. The van der Waals surface area contributed by atoms with Crippen LogP contribution in [0.25, 0.3) is 10.8 Å². The van der Waals surface area contributed by atoms with Gasteiger partial charge >= 0.3 is 0 Å². The first-order chi connectivity index (χ1) is 16.0. The van der Waals surface area contributed by atoms with Crippen molar-refractivity contribution in [3.63, 3.8) is 0 Å². The van der Waals surface area contributed by atoms with E-state index in [1.807, 2.05) is 12.1 Å². The maximum atomic E-state index is 12.6. The van der Waals surface area contributed by atoms with Gasteiger partial charge in [-0.05, 0) is 55.2 Å². The fourth-order valence-corrected chi connectivity index (χ4v) is 5.38. The molecule has 4 aromatic rings. The SMILES string of the molecule is O=C(Nc1cccc2c(O)n(CC3CCN(c4ccncc4)CC3)c(O)c12)c1ccc(Cl)s1. The lowest BCUT2D eigenvalue weighted by Crippen LogP contribution is -2.34. The van der Waals surface area contributed by atoms with Crippen LogP contribution in [0.5, 0.6) is 11.8 Å². The summed E-state index contributed by atoms with van der Waals surface area (Å²) >= 11 is 7.13. The third kappa shape index (κ3) is 4.24. The first kappa shape index (κ1) is 21.6. The number of fused-ring (bicyclic) bond motifs is 1. The number of piperidine rings is 1. The number of nitrogens with zero attached hydrogens (tertiary/aromatic N) is 3. The Morgan fingerprint density at radius 1 is 1.09 bits per heavy atom. The highest BCUT2D eigenvalue weighted by molar-refractivity contribution is 7.18. The summed E-state index contributed by atoms with van der Waals surface area (Å²) in [4.78, 5) is 19.5. The summed E-state index contributed by atoms with van der Waals surface area (Å²) in [6.07, 6.45) is 5.48. The van der Waals surface area contributed by atoms with E-state index in [1.54, 1.807) is 47.3 Å². The first-order valence-electron chi connectivity index (χ1n) is 10.8. The number of carbonyl (C=O) groups is 1. The summed E-state index contributed by atoms with van der Waals surface area (Å²) in [5.74, 6) is -0.0315. The Morgan fingerprint density at radius 2 is 1.85 bits per heavy atom. The Kier molecular flexibility index (Phi) is 5.86. The van der Waals surface area contributed by atoms with Crippen LogP contribution in [0.15, 0.2) is 54.9 Å². The van der Waals surface area contributed by atoms with Crippen LogP contribution in [0.3, 0.4) is 0 Å². The molecule has 5 rings (SSSR count). The Labute approximate surface area is 199 Å². The molecule has 0 radical (unpaired) electrons. The summed E-state index contributed by atoms with van der Waals surface area (Å²) in [5, 5.41) is 25.7. The van der Waals surface area contributed by atoms with Crippen LogP contribution in [0, 0.1) is 5.92 Å². The van der Waals surface area contributed by atoms with Gasteiger partial charge in [0.05, 0.1) is 20.3 Å². The van der Waals surface area contributed by atoms with Crippen molar-refractivity contribution >= 4 is 51.0 Å². The average Bonchev–Trinajstić information content (AvgIpc) is 3.38. The van der Waals surface area contributed by atoms with Crippen molar-refractivity contribution in [2.45, 2.75) is 19.4 Å². The largest absolute Gasteiger partial charge is 0.494 e. The van der Waals surface area contributed by atoms with Gasteiger partial charge in [-0.2, -0.15) is 0 Å². The molecule has 3 N–H and O–H groups in total. The van der Waals surface area contributed by atoms with E-state index in [9.17, 15) is 15.0 Å². The average molecular weight is 483 g/mol. The number of aromatic nitrogens is 2. The second-order valence-electron chi connectivity index (χ2n) is 8.18. The van der Waals surface area contributed by atoms with Crippen molar-refractivity contribution < 1.29 is 15.0 Å². The quantitative estimate of drug-likeness (QED) is 0.357. The zero-order valence-corrected chi connectivity index (χ0v) is 19.3. The smallest absolute Gasteiger partial charge is 0.265 e. The van der Waals surface area contributed by atoms with Crippen LogP contribution < -0.4 is 10.2 Å². The van der Waals surface area contributed by atoms with Gasteiger partial charge in [-0.1, -0.05) is 17.7 Å². The molecule has 0 aliphatic carbocycles. The molecule has 1 aromatic carbocycles. The molecular weight excluding hydrogens is 460 g/mol. The van der Waals surface area contributed by atoms with Crippen LogP contribution in [-0.4, -0.2) is 38.8 Å². The number of benzene rings is 1. The molecule has 0 spiro atoms. The third-order valence-corrected chi connectivity index (χ3v) is 7.40. The normalized spacial score (nSPS) is 14.6. The summed E-state index contributed by atoms with van der Waals surface area (Å²) < 4.78 is 2.08. The topological polar surface area (TPSA) is 90.6 Å². The second kappa shape index (κ2) is 8.96. The van der Waals surface area contributed by atoms with Crippen molar-refractivity contribution in [1.29, 1.82) is 0 Å². The van der Waals surface area contributed by atoms with Crippen LogP contribution in [0.4, 0.5) is 11.4 Å². The van der Waals surface area contributed by atoms with Gasteiger partial charge in [-0.15, -0.1) is 11.3 Å². The van der Waals surface area contributed by atoms with Gasteiger partial charge in [0, 0.05) is 43.1 Å². The van der Waals surface area contributed by atoms with Crippen molar-refractivity contribution in [3.8, 4) is 11.8 Å². The number of amides is 1. The zero-order chi connectivity index (χ0) is 22.9. The molecule has 0 bridgehead atoms. The van der Waals surface area contributed by atoms with E-state index in [0.29, 0.717) is 38.1 Å². The van der Waals surface area contributed by atoms with Gasteiger partial charge in [0.2, 0.25) is 11.8 Å². The van der Waals surface area contributed by atoms with Gasteiger partial charge in [-0.3, -0.25) is 14.3 Å². The van der Waals surface area contributed by atoms with E-state index in [2.05, 4.69) is 15.2 Å². The molecule has 1 aliphatic rings. The number of anilines is 2. The molecule has 1 amide bonds. The fraction of sp³-hybridized carbons (Fsp3) is 0.250. The monoisotopic (exact) mass is 482 g/mol. The highest BCUT2D eigenvalue weighted by atomic mass is 35.5. The Bertz CT molecular complexity index is 1300. The predicted molar refractivity (Wildman–Crippen MR) is 132 cm³/mol. The molecule has 3 aromatic heterocycles. The molecule has 170 valence electrons. The van der Waals surface area contributed by atoms with Crippen molar-refractivity contribution in [2.24, 2.45) is 5.92 Å². The molecule has 0 saturated carbocycles. The van der Waals surface area contributed by atoms with Gasteiger partial charge < -0.3 is 20.4 Å². The predicted octanol–water partition coefficient (Wildman–Crippen LogP) is 5.33. The molecule has 4 heterocycles. The minimum atomic E-state index is -0.311. The molecule has 9 heteroatoms. The number of carbonyl (C=O) groups excluding carboxylic acids is 1. The van der Waals surface area contributed by atoms with E-state index < -0.39 is 0 Å². The molecule has 1 fully saturated rings. The summed E-state index contributed by atoms with van der Waals surface area (Å²) in [7, 11) is 0. The number of nitrogens with one attached hydrogen (secondary N) is 1. The fourth-order valence-electron chi connectivity index (χ4n) is 4.44. The lowest BCUT2D eigenvalue weighted by atomic mass is 9.96. The lowest BCUT2D eigenvalue weighted by molar-refractivity contribution is 0.103. The minimum Gasteiger partial charge on any atom is -0.494 e. The van der Waals surface area contributed by atoms with Crippen LogP contribution in [0.1, 0.15) is 22.5 Å². The van der Waals surface area contributed by atoms with Crippen LogP contribution >= 0.6 is 22.9 Å². The van der Waals surface area contributed by atoms with Crippen molar-refractivity contribution in [3.05, 3.63) is 64.1 Å².